The Kier molecular flexibility index (Phi) is 3.61. The predicted molar refractivity (Wildman–Crippen MR) is 79.6 cm³/mol. The summed E-state index contributed by atoms with van der Waals surface area (Å²) in [5, 5.41) is 4.31. The minimum atomic E-state index is -0.571. The summed E-state index contributed by atoms with van der Waals surface area (Å²) in [6, 6.07) is 6.26. The number of aromatic nitrogens is 4. The molecule has 0 aliphatic rings. The number of halogens is 3. The van der Waals surface area contributed by atoms with Crippen LogP contribution in [0.5, 0.6) is 0 Å². The summed E-state index contributed by atoms with van der Waals surface area (Å²) >= 11 is 11.8. The SMILES string of the molecule is Cn1cc(-c2cc(Cl)nc(-c3cccc(Cl)c3F)n2)cn1. The second kappa shape index (κ2) is 5.42. The van der Waals surface area contributed by atoms with E-state index in [9.17, 15) is 4.39 Å². The molecule has 0 amide bonds. The van der Waals surface area contributed by atoms with Crippen LogP contribution in [0.15, 0.2) is 36.7 Å². The van der Waals surface area contributed by atoms with Gasteiger partial charge in [-0.05, 0) is 12.1 Å². The third-order valence-electron chi connectivity index (χ3n) is 2.89. The van der Waals surface area contributed by atoms with Crippen LogP contribution in [0.25, 0.3) is 22.6 Å². The molecule has 0 aliphatic heterocycles. The highest BCUT2D eigenvalue weighted by Crippen LogP contribution is 2.28. The van der Waals surface area contributed by atoms with E-state index in [0.717, 1.165) is 5.56 Å². The van der Waals surface area contributed by atoms with E-state index in [4.69, 9.17) is 23.2 Å². The van der Waals surface area contributed by atoms with Gasteiger partial charge in [-0.25, -0.2) is 14.4 Å². The van der Waals surface area contributed by atoms with Crippen LogP contribution >= 0.6 is 23.2 Å². The maximum atomic E-state index is 14.1. The minimum Gasteiger partial charge on any atom is -0.275 e. The molecule has 0 spiro atoms. The number of nitrogens with zero attached hydrogens (tertiary/aromatic N) is 4. The molecular weight excluding hydrogens is 314 g/mol. The normalized spacial score (nSPS) is 10.9. The van der Waals surface area contributed by atoms with Crippen molar-refractivity contribution in [1.29, 1.82) is 0 Å². The van der Waals surface area contributed by atoms with Gasteiger partial charge in [0.2, 0.25) is 0 Å². The van der Waals surface area contributed by atoms with E-state index >= 15 is 0 Å². The molecule has 0 N–H and O–H groups in total. The lowest BCUT2D eigenvalue weighted by atomic mass is 10.2. The van der Waals surface area contributed by atoms with Gasteiger partial charge in [0.05, 0.1) is 22.5 Å². The van der Waals surface area contributed by atoms with Gasteiger partial charge in [-0.1, -0.05) is 29.3 Å². The molecule has 0 atom stereocenters. The van der Waals surface area contributed by atoms with Gasteiger partial charge in [0.15, 0.2) is 11.6 Å². The largest absolute Gasteiger partial charge is 0.275 e. The second-order valence-corrected chi connectivity index (χ2v) is 5.20. The number of hydrogen-bond acceptors (Lipinski definition) is 3. The Morgan fingerprint density at radius 2 is 2.00 bits per heavy atom. The first-order valence-electron chi connectivity index (χ1n) is 6.02. The zero-order valence-corrected chi connectivity index (χ0v) is 12.4. The summed E-state index contributed by atoms with van der Waals surface area (Å²) in [6.45, 7) is 0. The van der Waals surface area contributed by atoms with E-state index < -0.39 is 5.82 Å². The van der Waals surface area contributed by atoms with E-state index in [0.29, 0.717) is 5.69 Å². The van der Waals surface area contributed by atoms with Crippen LogP contribution in [-0.4, -0.2) is 19.7 Å². The highest BCUT2D eigenvalue weighted by molar-refractivity contribution is 6.31. The van der Waals surface area contributed by atoms with Gasteiger partial charge in [0.1, 0.15) is 5.15 Å². The molecule has 2 heterocycles. The lowest BCUT2D eigenvalue weighted by Crippen LogP contribution is -1.95. The molecule has 0 bridgehead atoms. The Morgan fingerprint density at radius 3 is 2.71 bits per heavy atom. The Labute approximate surface area is 130 Å². The molecule has 1 aromatic carbocycles. The number of benzene rings is 1. The monoisotopic (exact) mass is 322 g/mol. The molecule has 0 radical (unpaired) electrons. The Bertz CT molecular complexity index is 816. The van der Waals surface area contributed by atoms with Crippen LogP contribution in [0.2, 0.25) is 10.2 Å². The van der Waals surface area contributed by atoms with Crippen molar-refractivity contribution in [2.45, 2.75) is 0 Å². The zero-order chi connectivity index (χ0) is 15.0. The number of rotatable bonds is 2. The molecule has 0 aliphatic carbocycles. The average Bonchev–Trinajstić information content (AvgIpc) is 2.88. The third-order valence-corrected chi connectivity index (χ3v) is 3.37. The van der Waals surface area contributed by atoms with E-state index in [1.807, 2.05) is 0 Å². The van der Waals surface area contributed by atoms with Gasteiger partial charge < -0.3 is 0 Å². The quantitative estimate of drug-likeness (QED) is 0.670. The van der Waals surface area contributed by atoms with Crippen molar-refractivity contribution in [1.82, 2.24) is 19.7 Å². The molecule has 0 unspecified atom stereocenters. The smallest absolute Gasteiger partial charge is 0.164 e. The third kappa shape index (κ3) is 2.75. The van der Waals surface area contributed by atoms with Crippen molar-refractivity contribution in [2.75, 3.05) is 0 Å². The molecular formula is C14H9Cl2FN4. The molecule has 4 nitrogen and oxygen atoms in total. The van der Waals surface area contributed by atoms with Gasteiger partial charge in [0.25, 0.3) is 0 Å². The van der Waals surface area contributed by atoms with Gasteiger partial charge in [-0.2, -0.15) is 5.10 Å². The average molecular weight is 323 g/mol. The van der Waals surface area contributed by atoms with Crippen LogP contribution in [0.1, 0.15) is 0 Å². The highest BCUT2D eigenvalue weighted by Gasteiger charge is 2.14. The molecule has 21 heavy (non-hydrogen) atoms. The maximum Gasteiger partial charge on any atom is 0.164 e. The van der Waals surface area contributed by atoms with Crippen LogP contribution < -0.4 is 0 Å². The van der Waals surface area contributed by atoms with E-state index in [2.05, 4.69) is 15.1 Å². The van der Waals surface area contributed by atoms with Gasteiger partial charge in [0, 0.05) is 24.9 Å². The van der Waals surface area contributed by atoms with Crippen LogP contribution in [-0.2, 0) is 7.05 Å². The first kappa shape index (κ1) is 14.0. The summed E-state index contributed by atoms with van der Waals surface area (Å²) in [7, 11) is 1.80. The molecule has 3 rings (SSSR count). The lowest BCUT2D eigenvalue weighted by Gasteiger charge is -2.06. The van der Waals surface area contributed by atoms with Crippen molar-refractivity contribution < 1.29 is 4.39 Å². The summed E-state index contributed by atoms with van der Waals surface area (Å²) in [6.07, 6.45) is 3.44. The van der Waals surface area contributed by atoms with Crippen molar-refractivity contribution in [2.24, 2.45) is 7.05 Å². The Balaban J connectivity index is 2.16. The minimum absolute atomic E-state index is 0.0130. The molecule has 106 valence electrons. The van der Waals surface area contributed by atoms with Crippen molar-refractivity contribution >= 4 is 23.2 Å². The summed E-state index contributed by atoms with van der Waals surface area (Å²) in [5.74, 6) is -0.389. The Morgan fingerprint density at radius 1 is 1.19 bits per heavy atom. The predicted octanol–water partition coefficient (Wildman–Crippen LogP) is 3.99. The zero-order valence-electron chi connectivity index (χ0n) is 10.9. The summed E-state index contributed by atoms with van der Waals surface area (Å²) in [5.41, 5.74) is 1.54. The van der Waals surface area contributed by atoms with Crippen molar-refractivity contribution in [3.8, 4) is 22.6 Å². The summed E-state index contributed by atoms with van der Waals surface area (Å²) < 4.78 is 15.7. The fourth-order valence-corrected chi connectivity index (χ4v) is 2.27. The number of aryl methyl sites for hydroxylation is 1. The van der Waals surface area contributed by atoms with Gasteiger partial charge in [-0.15, -0.1) is 0 Å². The highest BCUT2D eigenvalue weighted by atomic mass is 35.5. The van der Waals surface area contributed by atoms with Crippen molar-refractivity contribution in [3.63, 3.8) is 0 Å². The molecule has 0 saturated heterocycles. The van der Waals surface area contributed by atoms with E-state index in [-0.39, 0.29) is 21.6 Å². The van der Waals surface area contributed by atoms with Crippen molar-refractivity contribution in [3.05, 3.63) is 52.7 Å². The van der Waals surface area contributed by atoms with Crippen LogP contribution in [0, 0.1) is 5.82 Å². The molecule has 0 fully saturated rings. The first-order valence-corrected chi connectivity index (χ1v) is 6.78. The second-order valence-electron chi connectivity index (χ2n) is 4.40. The molecule has 7 heteroatoms. The summed E-state index contributed by atoms with van der Waals surface area (Å²) in [4.78, 5) is 8.41. The van der Waals surface area contributed by atoms with Crippen LogP contribution in [0.3, 0.4) is 0 Å². The molecule has 3 aromatic rings. The lowest BCUT2D eigenvalue weighted by molar-refractivity contribution is 0.630. The molecule has 0 saturated carbocycles. The van der Waals surface area contributed by atoms with E-state index in [1.165, 1.54) is 6.07 Å². The fourth-order valence-electron chi connectivity index (χ4n) is 1.92. The first-order chi connectivity index (χ1) is 10.0. The topological polar surface area (TPSA) is 43.6 Å². The van der Waals surface area contributed by atoms with Gasteiger partial charge in [-0.3, -0.25) is 4.68 Å². The standard InChI is InChI=1S/C14H9Cl2FN4/c1-21-7-8(6-18-21)11-5-12(16)20-14(19-11)9-3-2-4-10(15)13(9)17/h2-7H,1H3. The Hall–Kier alpha value is -1.98. The maximum absolute atomic E-state index is 14.1. The van der Waals surface area contributed by atoms with E-state index in [1.54, 1.807) is 42.3 Å². The van der Waals surface area contributed by atoms with Gasteiger partial charge >= 0.3 is 0 Å². The number of hydrogen-bond donors (Lipinski definition) is 0. The fraction of sp³-hybridized carbons (Fsp3) is 0.0714. The van der Waals surface area contributed by atoms with Crippen LogP contribution in [0.4, 0.5) is 4.39 Å². The molecule has 2 aromatic heterocycles.